The van der Waals surface area contributed by atoms with E-state index in [0.717, 1.165) is 65.2 Å². The van der Waals surface area contributed by atoms with Gasteiger partial charge in [0.2, 0.25) is 0 Å². The van der Waals surface area contributed by atoms with Gasteiger partial charge in [-0.05, 0) is 43.2 Å². The molecule has 2 heterocycles. The third-order valence-electron chi connectivity index (χ3n) is 6.69. The Morgan fingerprint density at radius 3 is 2.42 bits per heavy atom. The molecule has 2 aliphatic rings. The van der Waals surface area contributed by atoms with Crippen LogP contribution in [0, 0.1) is 0 Å². The van der Waals surface area contributed by atoms with Crippen LogP contribution in [0.2, 0.25) is 0 Å². The van der Waals surface area contributed by atoms with E-state index in [1.54, 1.807) is 7.11 Å². The molecule has 0 saturated carbocycles. The van der Waals surface area contributed by atoms with Gasteiger partial charge in [-0.2, -0.15) is 0 Å². The summed E-state index contributed by atoms with van der Waals surface area (Å²) in [7, 11) is 1.65. The Morgan fingerprint density at radius 2 is 1.70 bits per heavy atom. The number of ether oxygens (including phenoxy) is 1. The molecule has 166 valence electrons. The number of nitrogens with one attached hydrogen (secondary N) is 1. The fourth-order valence-corrected chi connectivity index (χ4v) is 5.02. The highest BCUT2D eigenvalue weighted by Crippen LogP contribution is 2.46. The first-order valence-electron chi connectivity index (χ1n) is 11.5. The molecule has 0 radical (unpaired) electrons. The Bertz CT molecular complexity index is 1350. The van der Waals surface area contributed by atoms with Crippen molar-refractivity contribution in [3.63, 3.8) is 0 Å². The van der Waals surface area contributed by atoms with Gasteiger partial charge in [-0.15, -0.1) is 0 Å². The second-order valence-electron chi connectivity index (χ2n) is 8.68. The summed E-state index contributed by atoms with van der Waals surface area (Å²) in [6, 6.07) is 17.4. The van der Waals surface area contributed by atoms with Gasteiger partial charge >= 0.3 is 0 Å². The fraction of sp³-hybridized carbons (Fsp3) is 0.259. The molecule has 6 rings (SSSR count). The molecule has 1 saturated heterocycles. The number of methoxy groups -OCH3 is 1. The molecule has 0 atom stereocenters. The van der Waals surface area contributed by atoms with E-state index in [2.05, 4.69) is 21.4 Å². The number of aromatic nitrogens is 1. The van der Waals surface area contributed by atoms with Crippen LogP contribution in [-0.4, -0.2) is 31.1 Å². The second-order valence-corrected chi connectivity index (χ2v) is 8.68. The van der Waals surface area contributed by atoms with Crippen LogP contribution in [0.4, 0.5) is 17.1 Å². The number of benzene rings is 3. The van der Waals surface area contributed by atoms with Crippen molar-refractivity contribution in [2.45, 2.75) is 25.7 Å². The fourth-order valence-electron chi connectivity index (χ4n) is 5.02. The molecule has 1 aromatic heterocycles. The van der Waals surface area contributed by atoms with E-state index < -0.39 is 0 Å². The first-order chi connectivity index (χ1) is 16.2. The summed E-state index contributed by atoms with van der Waals surface area (Å²) < 4.78 is 11.2. The summed E-state index contributed by atoms with van der Waals surface area (Å²) in [6.07, 6.45) is 4.78. The number of hydrogen-bond acceptors (Lipinski definition) is 6. The molecular formula is C27H25N3O3. The summed E-state index contributed by atoms with van der Waals surface area (Å²) in [6.45, 7) is 1.95. The Kier molecular flexibility index (Phi) is 4.79. The van der Waals surface area contributed by atoms with Gasteiger partial charge in [-0.1, -0.05) is 42.3 Å². The van der Waals surface area contributed by atoms with Crippen LogP contribution in [0.15, 0.2) is 59.1 Å². The van der Waals surface area contributed by atoms with Gasteiger partial charge in [0.15, 0.2) is 11.5 Å². The number of rotatable bonds is 4. The summed E-state index contributed by atoms with van der Waals surface area (Å²) in [4.78, 5) is 16.1. The van der Waals surface area contributed by atoms with Gasteiger partial charge in [-0.3, -0.25) is 4.79 Å². The average Bonchev–Trinajstić information content (AvgIpc) is 3.11. The average molecular weight is 440 g/mol. The highest BCUT2D eigenvalue weighted by molar-refractivity contribution is 6.28. The van der Waals surface area contributed by atoms with Crippen molar-refractivity contribution in [3.05, 3.63) is 65.7 Å². The van der Waals surface area contributed by atoms with Gasteiger partial charge in [0, 0.05) is 29.9 Å². The predicted octanol–water partition coefficient (Wildman–Crippen LogP) is 6.17. The number of carbonyl (C=O) groups is 1. The molecule has 6 nitrogen and oxygen atoms in total. The first kappa shape index (κ1) is 19.9. The molecule has 3 aromatic carbocycles. The summed E-state index contributed by atoms with van der Waals surface area (Å²) in [5.41, 5.74) is 5.52. The minimum absolute atomic E-state index is 0.00951. The van der Waals surface area contributed by atoms with E-state index in [-0.39, 0.29) is 5.78 Å². The standard InChI is InChI=1S/C27H25N3O3/c1-32-18-12-10-17(11-13-18)28-21-16-22(30-14-6-2-3-7-15-30)25-24-23(21)26(31)19-8-4-5-9-20(19)27(24)33-29-25/h4-5,8-13,16,28H,2-3,6-7,14-15H2,1H3. The minimum atomic E-state index is -0.00951. The largest absolute Gasteiger partial charge is 0.497 e. The van der Waals surface area contributed by atoms with Crippen molar-refractivity contribution in [1.29, 1.82) is 0 Å². The highest BCUT2D eigenvalue weighted by atomic mass is 16.5. The van der Waals surface area contributed by atoms with E-state index >= 15 is 0 Å². The molecule has 0 bridgehead atoms. The van der Waals surface area contributed by atoms with Crippen molar-refractivity contribution in [3.8, 4) is 17.1 Å². The van der Waals surface area contributed by atoms with Crippen molar-refractivity contribution in [2.24, 2.45) is 0 Å². The summed E-state index contributed by atoms with van der Waals surface area (Å²) >= 11 is 0. The number of hydrogen-bond donors (Lipinski definition) is 1. The lowest BCUT2D eigenvalue weighted by molar-refractivity contribution is 0.104. The monoisotopic (exact) mass is 439 g/mol. The number of ketones is 1. The van der Waals surface area contributed by atoms with E-state index in [1.807, 2.05) is 48.5 Å². The van der Waals surface area contributed by atoms with Crippen LogP contribution >= 0.6 is 0 Å². The molecule has 0 unspecified atom stereocenters. The highest BCUT2D eigenvalue weighted by Gasteiger charge is 2.33. The van der Waals surface area contributed by atoms with Crippen LogP contribution in [0.3, 0.4) is 0 Å². The minimum Gasteiger partial charge on any atom is -0.497 e. The lowest BCUT2D eigenvalue weighted by Gasteiger charge is -2.26. The molecular weight excluding hydrogens is 414 g/mol. The van der Waals surface area contributed by atoms with Crippen LogP contribution in [-0.2, 0) is 0 Å². The van der Waals surface area contributed by atoms with Crippen molar-refractivity contribution < 1.29 is 14.1 Å². The number of nitrogens with zero attached hydrogens (tertiary/aromatic N) is 2. The van der Waals surface area contributed by atoms with Gasteiger partial charge in [0.1, 0.15) is 11.3 Å². The SMILES string of the molecule is COc1ccc(Nc2cc(N3CCCCCC3)c3noc4c3c2C(=O)c2ccccc2-4)cc1. The smallest absolute Gasteiger partial charge is 0.196 e. The quantitative estimate of drug-likeness (QED) is 0.361. The lowest BCUT2D eigenvalue weighted by Crippen LogP contribution is -2.24. The molecule has 0 amide bonds. The third-order valence-corrected chi connectivity index (χ3v) is 6.69. The molecule has 1 aliphatic carbocycles. The van der Waals surface area contributed by atoms with E-state index in [1.165, 1.54) is 12.8 Å². The maximum absolute atomic E-state index is 13.7. The van der Waals surface area contributed by atoms with Gasteiger partial charge in [0.05, 0.1) is 29.4 Å². The molecule has 1 N–H and O–H groups in total. The van der Waals surface area contributed by atoms with Crippen molar-refractivity contribution in [1.82, 2.24) is 5.16 Å². The zero-order valence-corrected chi connectivity index (χ0v) is 18.6. The van der Waals surface area contributed by atoms with Crippen LogP contribution < -0.4 is 15.0 Å². The maximum atomic E-state index is 13.7. The topological polar surface area (TPSA) is 67.6 Å². The molecule has 4 aromatic rings. The van der Waals surface area contributed by atoms with Crippen LogP contribution in [0.25, 0.3) is 22.2 Å². The van der Waals surface area contributed by atoms with Gasteiger partial charge in [-0.25, -0.2) is 0 Å². The van der Waals surface area contributed by atoms with Crippen molar-refractivity contribution >= 4 is 33.7 Å². The Hall–Kier alpha value is -3.80. The van der Waals surface area contributed by atoms with Crippen LogP contribution in [0.5, 0.6) is 5.75 Å². The zero-order valence-electron chi connectivity index (χ0n) is 18.6. The van der Waals surface area contributed by atoms with Crippen LogP contribution in [0.1, 0.15) is 41.6 Å². The lowest BCUT2D eigenvalue weighted by atomic mass is 9.86. The predicted molar refractivity (Wildman–Crippen MR) is 130 cm³/mol. The molecule has 6 heteroatoms. The molecule has 1 fully saturated rings. The Balaban J connectivity index is 1.57. The Labute approximate surface area is 192 Å². The summed E-state index contributed by atoms with van der Waals surface area (Å²) in [5.74, 6) is 1.45. The molecule has 0 spiro atoms. The summed E-state index contributed by atoms with van der Waals surface area (Å²) in [5, 5.41) is 8.79. The van der Waals surface area contributed by atoms with E-state index in [9.17, 15) is 4.79 Å². The van der Waals surface area contributed by atoms with Gasteiger partial charge < -0.3 is 19.5 Å². The van der Waals surface area contributed by atoms with E-state index in [0.29, 0.717) is 16.9 Å². The first-order valence-corrected chi connectivity index (χ1v) is 11.5. The normalized spacial score (nSPS) is 15.3. The van der Waals surface area contributed by atoms with E-state index in [4.69, 9.17) is 9.26 Å². The van der Waals surface area contributed by atoms with Crippen molar-refractivity contribution in [2.75, 3.05) is 30.4 Å². The second kappa shape index (κ2) is 7.96. The maximum Gasteiger partial charge on any atom is 0.196 e. The number of anilines is 3. The zero-order chi connectivity index (χ0) is 22.4. The molecule has 1 aliphatic heterocycles. The Morgan fingerprint density at radius 1 is 0.970 bits per heavy atom. The number of carbonyl (C=O) groups excluding carboxylic acids is 1. The van der Waals surface area contributed by atoms with Gasteiger partial charge in [0.25, 0.3) is 0 Å². The third kappa shape index (κ3) is 3.25. The number of fused-ring (bicyclic) bond motifs is 2. The molecule has 33 heavy (non-hydrogen) atoms.